The highest BCUT2D eigenvalue weighted by molar-refractivity contribution is 7.47. The standard InChI is InChI=1S/C49H84NO8P/c1-3-5-7-9-11-13-15-17-19-21-23-25-27-29-31-33-35-37-39-41-48(51)55-45-47(46-57-59(53,54)56-44-43-50)58-49(52)42-40-38-36-34-32-30-28-26-24-22-20-18-16-14-12-10-8-6-4-2/h6,8,11-14,17-20,24,26,30,32,47H,3-5,7,9-10,15-16,21-23,25,27-29,31,33-46,50H2,1-2H3,(H,53,54). The van der Waals surface area contributed by atoms with Crippen molar-refractivity contribution in [2.24, 2.45) is 5.73 Å². The first kappa shape index (κ1) is 56.2. The highest BCUT2D eigenvalue weighted by Crippen LogP contribution is 2.43. The Morgan fingerprint density at radius 3 is 1.41 bits per heavy atom. The van der Waals surface area contributed by atoms with Gasteiger partial charge in [0.05, 0.1) is 13.2 Å². The van der Waals surface area contributed by atoms with E-state index in [2.05, 4.69) is 98.9 Å². The summed E-state index contributed by atoms with van der Waals surface area (Å²) in [5.41, 5.74) is 5.35. The fourth-order valence-electron chi connectivity index (χ4n) is 5.87. The quantitative estimate of drug-likeness (QED) is 0.0266. The van der Waals surface area contributed by atoms with Crippen molar-refractivity contribution in [3.8, 4) is 0 Å². The van der Waals surface area contributed by atoms with Crippen molar-refractivity contribution >= 4 is 19.8 Å². The van der Waals surface area contributed by atoms with E-state index < -0.39 is 32.5 Å². The molecule has 0 aromatic carbocycles. The van der Waals surface area contributed by atoms with E-state index in [-0.39, 0.29) is 32.6 Å². The average Bonchev–Trinajstić information content (AvgIpc) is 3.22. The molecule has 0 spiro atoms. The van der Waals surface area contributed by atoms with Gasteiger partial charge in [0.2, 0.25) is 0 Å². The molecule has 0 rings (SSSR count). The Morgan fingerprint density at radius 1 is 0.525 bits per heavy atom. The van der Waals surface area contributed by atoms with Crippen LogP contribution in [-0.4, -0.2) is 49.3 Å². The van der Waals surface area contributed by atoms with Crippen LogP contribution < -0.4 is 5.73 Å². The Hall–Kier alpha value is -2.81. The summed E-state index contributed by atoms with van der Waals surface area (Å²) in [5.74, 6) is -0.877. The van der Waals surface area contributed by atoms with Crippen molar-refractivity contribution in [2.45, 2.75) is 187 Å². The highest BCUT2D eigenvalue weighted by Gasteiger charge is 2.26. The number of nitrogens with two attached hydrogens (primary N) is 1. The summed E-state index contributed by atoms with van der Waals surface area (Å²) in [6.07, 6.45) is 56.1. The minimum absolute atomic E-state index is 0.0426. The van der Waals surface area contributed by atoms with Crippen LogP contribution in [0, 0.1) is 0 Å². The third kappa shape index (κ3) is 44.6. The lowest BCUT2D eigenvalue weighted by Crippen LogP contribution is -2.29. The number of carbonyl (C=O) groups is 2. The minimum Gasteiger partial charge on any atom is -0.462 e. The van der Waals surface area contributed by atoms with Crippen LogP contribution in [0.5, 0.6) is 0 Å². The molecule has 3 N–H and O–H groups in total. The summed E-state index contributed by atoms with van der Waals surface area (Å²) >= 11 is 0. The largest absolute Gasteiger partial charge is 0.472 e. The molecular formula is C49H84NO8P. The third-order valence-electron chi connectivity index (χ3n) is 9.27. The van der Waals surface area contributed by atoms with Gasteiger partial charge in [0.15, 0.2) is 6.10 Å². The van der Waals surface area contributed by atoms with Crippen LogP contribution in [0.3, 0.4) is 0 Å². The van der Waals surface area contributed by atoms with Crippen LogP contribution in [0.4, 0.5) is 0 Å². The molecule has 9 nitrogen and oxygen atoms in total. The lowest BCUT2D eigenvalue weighted by molar-refractivity contribution is -0.161. The maximum Gasteiger partial charge on any atom is 0.472 e. The van der Waals surface area contributed by atoms with Crippen LogP contribution in [0.25, 0.3) is 0 Å². The molecule has 0 radical (unpaired) electrons. The van der Waals surface area contributed by atoms with E-state index >= 15 is 0 Å². The first-order chi connectivity index (χ1) is 28.8. The molecule has 0 amide bonds. The topological polar surface area (TPSA) is 134 Å². The summed E-state index contributed by atoms with van der Waals surface area (Å²) in [6.45, 7) is 3.54. The van der Waals surface area contributed by atoms with Gasteiger partial charge >= 0.3 is 19.8 Å². The van der Waals surface area contributed by atoms with Crippen LogP contribution in [-0.2, 0) is 32.7 Å². The first-order valence-corrected chi connectivity index (χ1v) is 24.6. The van der Waals surface area contributed by atoms with Crippen molar-refractivity contribution in [3.05, 3.63) is 85.1 Å². The molecule has 338 valence electrons. The molecule has 0 aliphatic rings. The summed E-state index contributed by atoms with van der Waals surface area (Å²) < 4.78 is 32.8. The Bertz CT molecular complexity index is 1240. The van der Waals surface area contributed by atoms with Crippen LogP contribution in [0.1, 0.15) is 181 Å². The summed E-state index contributed by atoms with van der Waals surface area (Å²) in [5, 5.41) is 0. The maximum atomic E-state index is 12.6. The van der Waals surface area contributed by atoms with Crippen molar-refractivity contribution in [1.82, 2.24) is 0 Å². The number of phosphoric ester groups is 1. The van der Waals surface area contributed by atoms with Crippen molar-refractivity contribution in [1.29, 1.82) is 0 Å². The predicted molar refractivity (Wildman–Crippen MR) is 247 cm³/mol. The predicted octanol–water partition coefficient (Wildman–Crippen LogP) is 13.6. The van der Waals surface area contributed by atoms with E-state index in [4.69, 9.17) is 24.3 Å². The van der Waals surface area contributed by atoms with Gasteiger partial charge < -0.3 is 20.1 Å². The number of hydrogen-bond donors (Lipinski definition) is 2. The summed E-state index contributed by atoms with van der Waals surface area (Å²) in [6, 6.07) is 0. The molecule has 0 aliphatic heterocycles. The van der Waals surface area contributed by atoms with Gasteiger partial charge in [-0.05, 0) is 89.9 Å². The van der Waals surface area contributed by atoms with Gasteiger partial charge in [0.1, 0.15) is 6.61 Å². The smallest absolute Gasteiger partial charge is 0.462 e. The SMILES string of the molecule is CCC=CCC=CCC=CCC=CCC=CCCCCCC(=O)OC(COC(=O)CCCCCCCCCCCC=CCC=CCCCCC)COP(=O)(O)OCCN. The molecular weight excluding hydrogens is 762 g/mol. The van der Waals surface area contributed by atoms with E-state index in [1.807, 2.05) is 0 Å². The van der Waals surface area contributed by atoms with Gasteiger partial charge in [0, 0.05) is 19.4 Å². The van der Waals surface area contributed by atoms with E-state index in [1.54, 1.807) is 0 Å². The Labute approximate surface area is 360 Å². The molecule has 0 aliphatic carbocycles. The van der Waals surface area contributed by atoms with Crippen LogP contribution in [0.2, 0.25) is 0 Å². The summed E-state index contributed by atoms with van der Waals surface area (Å²) in [7, 11) is -4.40. The zero-order valence-electron chi connectivity index (χ0n) is 37.2. The molecule has 0 saturated carbocycles. The zero-order chi connectivity index (χ0) is 43.2. The molecule has 0 aromatic rings. The van der Waals surface area contributed by atoms with Crippen molar-refractivity contribution in [3.63, 3.8) is 0 Å². The molecule has 0 bridgehead atoms. The Kier molecular flexibility index (Phi) is 42.6. The second-order valence-electron chi connectivity index (χ2n) is 14.9. The summed E-state index contributed by atoms with van der Waals surface area (Å²) in [4.78, 5) is 35.0. The van der Waals surface area contributed by atoms with E-state index in [9.17, 15) is 19.0 Å². The molecule has 59 heavy (non-hydrogen) atoms. The number of ether oxygens (including phenoxy) is 2. The number of phosphoric acid groups is 1. The van der Waals surface area contributed by atoms with Crippen molar-refractivity contribution in [2.75, 3.05) is 26.4 Å². The zero-order valence-corrected chi connectivity index (χ0v) is 38.1. The van der Waals surface area contributed by atoms with Crippen LogP contribution in [0.15, 0.2) is 85.1 Å². The van der Waals surface area contributed by atoms with Crippen molar-refractivity contribution < 1.29 is 37.6 Å². The van der Waals surface area contributed by atoms with Gasteiger partial charge in [0.25, 0.3) is 0 Å². The maximum absolute atomic E-state index is 12.6. The highest BCUT2D eigenvalue weighted by atomic mass is 31.2. The van der Waals surface area contributed by atoms with Gasteiger partial charge in [-0.3, -0.25) is 18.6 Å². The normalized spacial score (nSPS) is 14.0. The molecule has 0 fully saturated rings. The van der Waals surface area contributed by atoms with Gasteiger partial charge in [-0.25, -0.2) is 4.57 Å². The van der Waals surface area contributed by atoms with Gasteiger partial charge in [-0.15, -0.1) is 0 Å². The fraction of sp³-hybridized carbons (Fsp3) is 0.673. The number of unbranched alkanes of at least 4 members (excludes halogenated alkanes) is 15. The molecule has 2 unspecified atom stereocenters. The third-order valence-corrected chi connectivity index (χ3v) is 10.2. The number of allylic oxidation sites excluding steroid dienone is 14. The van der Waals surface area contributed by atoms with E-state index in [0.717, 1.165) is 89.9 Å². The van der Waals surface area contributed by atoms with Gasteiger partial charge in [-0.1, -0.05) is 163 Å². The molecule has 0 heterocycles. The molecule has 10 heteroatoms. The fourth-order valence-corrected chi connectivity index (χ4v) is 6.63. The lowest BCUT2D eigenvalue weighted by Gasteiger charge is -2.19. The number of rotatable bonds is 42. The molecule has 0 aromatic heterocycles. The average molecular weight is 846 g/mol. The minimum atomic E-state index is -4.40. The van der Waals surface area contributed by atoms with E-state index in [1.165, 1.54) is 57.8 Å². The monoisotopic (exact) mass is 846 g/mol. The first-order valence-electron chi connectivity index (χ1n) is 23.1. The molecule has 2 atom stereocenters. The van der Waals surface area contributed by atoms with Gasteiger partial charge in [-0.2, -0.15) is 0 Å². The number of esters is 2. The second-order valence-corrected chi connectivity index (χ2v) is 16.3. The number of hydrogen-bond acceptors (Lipinski definition) is 8. The second kappa shape index (κ2) is 44.7. The Balaban J connectivity index is 4.20. The number of carbonyl (C=O) groups excluding carboxylic acids is 2. The molecule has 0 saturated heterocycles. The van der Waals surface area contributed by atoms with E-state index in [0.29, 0.717) is 6.42 Å². The Morgan fingerprint density at radius 2 is 0.932 bits per heavy atom. The lowest BCUT2D eigenvalue weighted by atomic mass is 10.1. The van der Waals surface area contributed by atoms with Crippen LogP contribution >= 0.6 is 7.82 Å².